The average molecular weight is 222 g/mol. The normalized spacial score (nSPS) is 44.4. The quantitative estimate of drug-likeness (QED) is 0.723. The maximum atomic E-state index is 9.49. The van der Waals surface area contributed by atoms with Crippen molar-refractivity contribution in [1.29, 1.82) is 0 Å². The molecule has 16 heavy (non-hydrogen) atoms. The molecule has 0 radical (unpaired) electrons. The van der Waals surface area contributed by atoms with Crippen LogP contribution in [0.5, 0.6) is 0 Å². The van der Waals surface area contributed by atoms with Gasteiger partial charge in [0.05, 0.1) is 6.10 Å². The van der Waals surface area contributed by atoms with Crippen LogP contribution in [0.2, 0.25) is 0 Å². The highest BCUT2D eigenvalue weighted by Crippen LogP contribution is 2.74. The first-order chi connectivity index (χ1) is 7.29. The van der Waals surface area contributed by atoms with Gasteiger partial charge in [-0.05, 0) is 48.3 Å². The minimum absolute atomic E-state index is 0.231. The van der Waals surface area contributed by atoms with E-state index >= 15 is 0 Å². The fourth-order valence-corrected chi connectivity index (χ4v) is 3.40. The summed E-state index contributed by atoms with van der Waals surface area (Å²) in [4.78, 5) is 0. The summed E-state index contributed by atoms with van der Waals surface area (Å²) in [6, 6.07) is 0. The molecular formula is C15H26O. The lowest BCUT2D eigenvalue weighted by Gasteiger charge is -2.34. The fourth-order valence-electron chi connectivity index (χ4n) is 3.40. The predicted molar refractivity (Wildman–Crippen MR) is 68.1 cm³/mol. The molecule has 1 heteroatoms. The first kappa shape index (κ1) is 12.2. The molecule has 5 unspecified atom stereocenters. The zero-order chi connectivity index (χ0) is 12.1. The average Bonchev–Trinajstić information content (AvgIpc) is 2.79. The highest BCUT2D eigenvalue weighted by atomic mass is 16.3. The van der Waals surface area contributed by atoms with Crippen molar-refractivity contribution in [3.05, 3.63) is 12.2 Å². The van der Waals surface area contributed by atoms with Gasteiger partial charge in [0, 0.05) is 0 Å². The van der Waals surface area contributed by atoms with Crippen molar-refractivity contribution in [2.45, 2.75) is 53.6 Å². The molecule has 2 fully saturated rings. The fraction of sp³-hybridized carbons (Fsp3) is 0.867. The molecule has 1 nitrogen and oxygen atoms in total. The topological polar surface area (TPSA) is 20.2 Å². The second kappa shape index (κ2) is 3.60. The number of aliphatic hydroxyl groups is 1. The Balaban J connectivity index is 2.03. The predicted octanol–water partition coefficient (Wildman–Crippen LogP) is 3.63. The molecule has 0 aromatic rings. The van der Waals surface area contributed by atoms with Gasteiger partial charge in [0.15, 0.2) is 0 Å². The van der Waals surface area contributed by atoms with Gasteiger partial charge in [-0.3, -0.25) is 0 Å². The lowest BCUT2D eigenvalue weighted by Crippen LogP contribution is -2.27. The van der Waals surface area contributed by atoms with Crippen LogP contribution in [0.3, 0.4) is 0 Å². The summed E-state index contributed by atoms with van der Waals surface area (Å²) < 4.78 is 0. The van der Waals surface area contributed by atoms with E-state index in [1.165, 1.54) is 12.8 Å². The van der Waals surface area contributed by atoms with Crippen LogP contribution in [0.25, 0.3) is 0 Å². The van der Waals surface area contributed by atoms with Crippen molar-refractivity contribution < 1.29 is 5.11 Å². The standard InChI is InChI=1S/C15H26O/c1-10(11(2)16)6-7-12-8-13-9-15(13,5)14(12,3)4/h6-7,10-13,16H,8-9H2,1-5H3. The van der Waals surface area contributed by atoms with Gasteiger partial charge >= 0.3 is 0 Å². The zero-order valence-corrected chi connectivity index (χ0v) is 11.3. The maximum Gasteiger partial charge on any atom is 0.0572 e. The Kier molecular flexibility index (Phi) is 2.73. The number of hydrogen-bond acceptors (Lipinski definition) is 1. The van der Waals surface area contributed by atoms with Crippen LogP contribution < -0.4 is 0 Å². The van der Waals surface area contributed by atoms with Gasteiger partial charge < -0.3 is 5.11 Å². The van der Waals surface area contributed by atoms with Crippen LogP contribution in [-0.2, 0) is 0 Å². The molecule has 2 aliphatic carbocycles. The van der Waals surface area contributed by atoms with Crippen molar-refractivity contribution >= 4 is 0 Å². The van der Waals surface area contributed by atoms with E-state index in [0.717, 1.165) is 5.92 Å². The van der Waals surface area contributed by atoms with Crippen molar-refractivity contribution in [3.8, 4) is 0 Å². The summed E-state index contributed by atoms with van der Waals surface area (Å²) in [5.41, 5.74) is 1.03. The molecule has 0 spiro atoms. The van der Waals surface area contributed by atoms with Crippen LogP contribution in [0.1, 0.15) is 47.5 Å². The van der Waals surface area contributed by atoms with Gasteiger partial charge in [-0.1, -0.05) is 39.8 Å². The molecule has 0 bridgehead atoms. The van der Waals surface area contributed by atoms with Crippen molar-refractivity contribution in [2.75, 3.05) is 0 Å². The molecule has 1 N–H and O–H groups in total. The van der Waals surface area contributed by atoms with Gasteiger partial charge in [-0.2, -0.15) is 0 Å². The summed E-state index contributed by atoms with van der Waals surface area (Å²) in [6.07, 6.45) is 7.13. The molecule has 0 aliphatic heterocycles. The number of hydrogen-bond donors (Lipinski definition) is 1. The van der Waals surface area contributed by atoms with E-state index in [2.05, 4.69) is 39.8 Å². The van der Waals surface area contributed by atoms with Crippen LogP contribution in [0.15, 0.2) is 12.2 Å². The highest BCUT2D eigenvalue weighted by molar-refractivity contribution is 5.19. The van der Waals surface area contributed by atoms with E-state index in [1.807, 2.05) is 6.92 Å². The van der Waals surface area contributed by atoms with Crippen LogP contribution >= 0.6 is 0 Å². The van der Waals surface area contributed by atoms with Crippen LogP contribution in [0.4, 0.5) is 0 Å². The summed E-state index contributed by atoms with van der Waals surface area (Å²) in [5.74, 6) is 1.94. The van der Waals surface area contributed by atoms with E-state index in [9.17, 15) is 5.11 Å². The molecule has 0 amide bonds. The number of rotatable bonds is 3. The first-order valence-corrected chi connectivity index (χ1v) is 6.65. The van der Waals surface area contributed by atoms with Crippen LogP contribution in [0, 0.1) is 28.6 Å². The largest absolute Gasteiger partial charge is 0.393 e. The van der Waals surface area contributed by atoms with E-state index < -0.39 is 0 Å². The highest BCUT2D eigenvalue weighted by Gasteiger charge is 2.66. The zero-order valence-electron chi connectivity index (χ0n) is 11.3. The molecule has 0 aromatic carbocycles. The minimum atomic E-state index is -0.231. The number of allylic oxidation sites excluding steroid dienone is 1. The molecule has 0 saturated heterocycles. The van der Waals surface area contributed by atoms with E-state index in [4.69, 9.17) is 0 Å². The third-order valence-corrected chi connectivity index (χ3v) is 5.76. The Hall–Kier alpha value is -0.300. The molecular weight excluding hydrogens is 196 g/mol. The third-order valence-electron chi connectivity index (χ3n) is 5.76. The summed E-state index contributed by atoms with van der Waals surface area (Å²) in [6.45, 7) is 11.2. The second-order valence-electron chi connectivity index (χ2n) is 6.87. The van der Waals surface area contributed by atoms with Crippen molar-refractivity contribution in [3.63, 3.8) is 0 Å². The maximum absolute atomic E-state index is 9.49. The molecule has 0 heterocycles. The smallest absolute Gasteiger partial charge is 0.0572 e. The Morgan fingerprint density at radius 2 is 1.88 bits per heavy atom. The lowest BCUT2D eigenvalue weighted by molar-refractivity contribution is 0.154. The summed E-state index contributed by atoms with van der Waals surface area (Å²) in [7, 11) is 0. The van der Waals surface area contributed by atoms with Crippen LogP contribution in [-0.4, -0.2) is 11.2 Å². The van der Waals surface area contributed by atoms with Gasteiger partial charge in [0.1, 0.15) is 0 Å². The van der Waals surface area contributed by atoms with E-state index in [-0.39, 0.29) is 12.0 Å². The number of aliphatic hydroxyl groups excluding tert-OH is 1. The monoisotopic (exact) mass is 222 g/mol. The Labute approximate surface area is 99.9 Å². The molecule has 0 aromatic heterocycles. The van der Waals surface area contributed by atoms with Crippen molar-refractivity contribution in [2.24, 2.45) is 28.6 Å². The summed E-state index contributed by atoms with van der Waals surface area (Å²) in [5, 5.41) is 9.49. The Bertz CT molecular complexity index is 303. The Morgan fingerprint density at radius 3 is 2.31 bits per heavy atom. The Morgan fingerprint density at radius 1 is 1.25 bits per heavy atom. The molecule has 92 valence electrons. The van der Waals surface area contributed by atoms with Gasteiger partial charge in [-0.25, -0.2) is 0 Å². The third kappa shape index (κ3) is 1.64. The molecule has 2 aliphatic rings. The lowest BCUT2D eigenvalue weighted by atomic mass is 9.71. The second-order valence-corrected chi connectivity index (χ2v) is 6.87. The molecule has 5 atom stereocenters. The summed E-state index contributed by atoms with van der Waals surface area (Å²) >= 11 is 0. The molecule has 2 rings (SSSR count). The van der Waals surface area contributed by atoms with E-state index in [1.54, 1.807) is 0 Å². The van der Waals surface area contributed by atoms with Gasteiger partial charge in [0.2, 0.25) is 0 Å². The van der Waals surface area contributed by atoms with Gasteiger partial charge in [0.25, 0.3) is 0 Å². The minimum Gasteiger partial charge on any atom is -0.393 e. The SMILES string of the molecule is CC(O)C(C)C=CC1CC2CC2(C)C1(C)C. The number of fused-ring (bicyclic) bond motifs is 1. The van der Waals surface area contributed by atoms with E-state index in [0.29, 0.717) is 16.7 Å². The van der Waals surface area contributed by atoms with Gasteiger partial charge in [-0.15, -0.1) is 0 Å². The van der Waals surface area contributed by atoms with Crippen molar-refractivity contribution in [1.82, 2.24) is 0 Å². The molecule has 2 saturated carbocycles. The first-order valence-electron chi connectivity index (χ1n) is 6.65.